The van der Waals surface area contributed by atoms with Crippen molar-refractivity contribution in [1.29, 1.82) is 0 Å². The summed E-state index contributed by atoms with van der Waals surface area (Å²) in [7, 11) is 0. The van der Waals surface area contributed by atoms with Crippen LogP contribution in [0, 0.1) is 17.8 Å². The molecule has 1 unspecified atom stereocenters. The van der Waals surface area contributed by atoms with Crippen molar-refractivity contribution in [2.24, 2.45) is 23.5 Å². The molecule has 2 heteroatoms. The van der Waals surface area contributed by atoms with E-state index in [4.69, 9.17) is 5.73 Å². The molecular weight excluding hydrogens is 220 g/mol. The number of hydrogen-bond donors (Lipinski definition) is 1. The summed E-state index contributed by atoms with van der Waals surface area (Å²) in [6.07, 6.45) is 2.47. The normalized spacial score (nSPS) is 16.0. The smallest absolute Gasteiger partial charge is 0.0303 e. The molecule has 0 fully saturated rings. The van der Waals surface area contributed by atoms with Crippen molar-refractivity contribution in [1.82, 2.24) is 4.90 Å². The maximum absolute atomic E-state index is 6.10. The summed E-state index contributed by atoms with van der Waals surface area (Å²) < 4.78 is 0. The van der Waals surface area contributed by atoms with Crippen molar-refractivity contribution in [2.75, 3.05) is 19.6 Å². The summed E-state index contributed by atoms with van der Waals surface area (Å²) in [6.45, 7) is 19.2. The van der Waals surface area contributed by atoms with E-state index in [1.165, 1.54) is 12.8 Å². The van der Waals surface area contributed by atoms with Gasteiger partial charge in [0.05, 0.1) is 0 Å². The Labute approximate surface area is 115 Å². The molecule has 0 rings (SSSR count). The molecule has 0 saturated heterocycles. The fraction of sp³-hybridized carbons (Fsp3) is 1.00. The molecule has 0 saturated carbocycles. The van der Waals surface area contributed by atoms with E-state index < -0.39 is 0 Å². The Morgan fingerprint density at radius 1 is 0.889 bits per heavy atom. The molecule has 0 aromatic heterocycles. The first-order valence-corrected chi connectivity index (χ1v) is 7.66. The minimum atomic E-state index is 0.165. The highest BCUT2D eigenvalue weighted by atomic mass is 15.2. The molecule has 0 bridgehead atoms. The van der Waals surface area contributed by atoms with Crippen molar-refractivity contribution in [3.8, 4) is 0 Å². The lowest BCUT2D eigenvalue weighted by molar-refractivity contribution is 0.0701. The van der Waals surface area contributed by atoms with Gasteiger partial charge in [0.1, 0.15) is 0 Å². The molecule has 0 radical (unpaired) electrons. The number of hydrogen-bond acceptors (Lipinski definition) is 2. The van der Waals surface area contributed by atoms with Gasteiger partial charge in [-0.15, -0.1) is 0 Å². The summed E-state index contributed by atoms with van der Waals surface area (Å²) in [5, 5.41) is 0. The van der Waals surface area contributed by atoms with Crippen LogP contribution < -0.4 is 5.73 Å². The van der Waals surface area contributed by atoms with Crippen LogP contribution in [0.5, 0.6) is 0 Å². The third-order valence-electron chi connectivity index (χ3n) is 3.63. The van der Waals surface area contributed by atoms with Gasteiger partial charge >= 0.3 is 0 Å². The van der Waals surface area contributed by atoms with E-state index in [-0.39, 0.29) is 5.54 Å². The molecular formula is C16H36N2. The fourth-order valence-electron chi connectivity index (χ4n) is 2.39. The Bertz CT molecular complexity index is 201. The highest BCUT2D eigenvalue weighted by molar-refractivity contribution is 4.88. The lowest BCUT2D eigenvalue weighted by Gasteiger charge is -2.43. The summed E-state index contributed by atoms with van der Waals surface area (Å²) in [6, 6.07) is 0. The lowest BCUT2D eigenvalue weighted by Crippen LogP contribution is -2.54. The minimum Gasteiger partial charge on any atom is -0.329 e. The molecule has 0 aliphatic rings. The Hall–Kier alpha value is -0.0800. The third-order valence-corrected chi connectivity index (χ3v) is 3.63. The lowest BCUT2D eigenvalue weighted by atomic mass is 9.88. The zero-order valence-corrected chi connectivity index (χ0v) is 13.8. The summed E-state index contributed by atoms with van der Waals surface area (Å²) in [4.78, 5) is 2.63. The molecule has 0 aromatic rings. The number of nitrogens with two attached hydrogens (primary N) is 1. The second-order valence-corrected chi connectivity index (χ2v) is 7.33. The topological polar surface area (TPSA) is 29.3 Å². The molecule has 110 valence electrons. The van der Waals surface area contributed by atoms with Crippen molar-refractivity contribution >= 4 is 0 Å². The van der Waals surface area contributed by atoms with Crippen LogP contribution in [-0.4, -0.2) is 30.1 Å². The second-order valence-electron chi connectivity index (χ2n) is 7.33. The molecule has 0 amide bonds. The molecule has 0 spiro atoms. The average Bonchev–Trinajstić information content (AvgIpc) is 2.23. The summed E-state index contributed by atoms with van der Waals surface area (Å²) >= 11 is 0. The van der Waals surface area contributed by atoms with Crippen LogP contribution in [0.1, 0.15) is 61.3 Å². The SMILES string of the molecule is CC(C)CCC(C)(CN)N(CC(C)C)CC(C)C. The van der Waals surface area contributed by atoms with Gasteiger partial charge in [-0.05, 0) is 37.5 Å². The van der Waals surface area contributed by atoms with E-state index >= 15 is 0 Å². The van der Waals surface area contributed by atoms with Gasteiger partial charge in [0.15, 0.2) is 0 Å². The highest BCUT2D eigenvalue weighted by Crippen LogP contribution is 2.25. The Balaban J connectivity index is 4.74. The molecule has 0 aliphatic heterocycles. The molecule has 2 nitrogen and oxygen atoms in total. The predicted molar refractivity (Wildman–Crippen MR) is 82.8 cm³/mol. The van der Waals surface area contributed by atoms with Gasteiger partial charge in [-0.1, -0.05) is 41.5 Å². The van der Waals surface area contributed by atoms with Crippen molar-refractivity contribution < 1.29 is 0 Å². The monoisotopic (exact) mass is 256 g/mol. The van der Waals surface area contributed by atoms with Crippen LogP contribution in [-0.2, 0) is 0 Å². The molecule has 18 heavy (non-hydrogen) atoms. The molecule has 0 aromatic carbocycles. The van der Waals surface area contributed by atoms with Crippen LogP contribution in [0.4, 0.5) is 0 Å². The maximum atomic E-state index is 6.10. The highest BCUT2D eigenvalue weighted by Gasteiger charge is 2.30. The molecule has 0 aliphatic carbocycles. The van der Waals surface area contributed by atoms with Crippen molar-refractivity contribution in [3.05, 3.63) is 0 Å². The largest absolute Gasteiger partial charge is 0.329 e. The number of rotatable bonds is 9. The Morgan fingerprint density at radius 2 is 1.33 bits per heavy atom. The summed E-state index contributed by atoms with van der Waals surface area (Å²) in [5.41, 5.74) is 6.27. The molecule has 2 N–H and O–H groups in total. The first kappa shape index (κ1) is 17.9. The van der Waals surface area contributed by atoms with Gasteiger partial charge in [0.25, 0.3) is 0 Å². The van der Waals surface area contributed by atoms with E-state index in [2.05, 4.69) is 53.4 Å². The maximum Gasteiger partial charge on any atom is 0.0303 e. The Morgan fingerprint density at radius 3 is 1.61 bits per heavy atom. The van der Waals surface area contributed by atoms with Gasteiger partial charge in [0, 0.05) is 25.2 Å². The van der Waals surface area contributed by atoms with Crippen LogP contribution in [0.25, 0.3) is 0 Å². The summed E-state index contributed by atoms with van der Waals surface area (Å²) in [5.74, 6) is 2.16. The van der Waals surface area contributed by atoms with Crippen LogP contribution >= 0.6 is 0 Å². The minimum absolute atomic E-state index is 0.165. The van der Waals surface area contributed by atoms with Crippen LogP contribution in [0.15, 0.2) is 0 Å². The van der Waals surface area contributed by atoms with Crippen molar-refractivity contribution in [2.45, 2.75) is 66.8 Å². The number of nitrogens with zero attached hydrogens (tertiary/aromatic N) is 1. The predicted octanol–water partition coefficient (Wildman–Crippen LogP) is 3.75. The first-order chi connectivity index (χ1) is 8.21. The van der Waals surface area contributed by atoms with Crippen LogP contribution in [0.3, 0.4) is 0 Å². The van der Waals surface area contributed by atoms with Gasteiger partial charge in [0.2, 0.25) is 0 Å². The first-order valence-electron chi connectivity index (χ1n) is 7.66. The fourth-order valence-corrected chi connectivity index (χ4v) is 2.39. The standard InChI is InChI=1S/C16H36N2/c1-13(2)8-9-16(7,12-17)18(10-14(3)4)11-15(5)6/h13-15H,8-12,17H2,1-7H3. The van der Waals surface area contributed by atoms with Crippen molar-refractivity contribution in [3.63, 3.8) is 0 Å². The van der Waals surface area contributed by atoms with Gasteiger partial charge in [-0.2, -0.15) is 0 Å². The zero-order chi connectivity index (χ0) is 14.3. The van der Waals surface area contributed by atoms with Gasteiger partial charge in [-0.3, -0.25) is 4.90 Å². The van der Waals surface area contributed by atoms with Gasteiger partial charge < -0.3 is 5.73 Å². The van der Waals surface area contributed by atoms with Gasteiger partial charge in [-0.25, -0.2) is 0 Å². The average molecular weight is 256 g/mol. The quantitative estimate of drug-likeness (QED) is 0.680. The van der Waals surface area contributed by atoms with E-state index in [0.717, 1.165) is 25.6 Å². The van der Waals surface area contributed by atoms with E-state index in [1.54, 1.807) is 0 Å². The van der Waals surface area contributed by atoms with Crippen LogP contribution in [0.2, 0.25) is 0 Å². The van der Waals surface area contributed by atoms with E-state index in [1.807, 2.05) is 0 Å². The molecule has 1 atom stereocenters. The second kappa shape index (κ2) is 8.16. The Kier molecular flexibility index (Phi) is 8.13. The van der Waals surface area contributed by atoms with E-state index in [0.29, 0.717) is 11.8 Å². The van der Waals surface area contributed by atoms with E-state index in [9.17, 15) is 0 Å². The third kappa shape index (κ3) is 6.75. The molecule has 0 heterocycles. The zero-order valence-electron chi connectivity index (χ0n) is 13.8.